The summed E-state index contributed by atoms with van der Waals surface area (Å²) in [7, 11) is 1.58. The number of nitrogens with two attached hydrogens (primary N) is 1. The van der Waals surface area contributed by atoms with Crippen molar-refractivity contribution in [3.8, 4) is 5.75 Å². The summed E-state index contributed by atoms with van der Waals surface area (Å²) >= 11 is 0. The van der Waals surface area contributed by atoms with Crippen molar-refractivity contribution in [2.24, 2.45) is 5.73 Å². The summed E-state index contributed by atoms with van der Waals surface area (Å²) in [5, 5.41) is 2.50. The van der Waals surface area contributed by atoms with E-state index in [4.69, 9.17) is 10.5 Å². The molecule has 1 aromatic carbocycles. The van der Waals surface area contributed by atoms with Gasteiger partial charge in [0.05, 0.1) is 0 Å². The number of carbonyl (C=O) groups excluding carboxylic acids is 1. The summed E-state index contributed by atoms with van der Waals surface area (Å²) < 4.78 is 5.41. The highest BCUT2D eigenvalue weighted by atomic mass is 16.5. The predicted molar refractivity (Wildman–Crippen MR) is 63.3 cm³/mol. The number of likely N-dealkylation sites (N-methyl/N-ethyl adjacent to an activating group) is 1. The van der Waals surface area contributed by atoms with Crippen molar-refractivity contribution in [3.63, 3.8) is 0 Å². The first-order chi connectivity index (χ1) is 7.54. The SMILES string of the molecule is CNC(=O)COc1ccc(C)cc1[C@@H](C)N. The van der Waals surface area contributed by atoms with Crippen LogP contribution in [0.5, 0.6) is 5.75 Å². The molecule has 3 N–H and O–H groups in total. The molecule has 16 heavy (non-hydrogen) atoms. The van der Waals surface area contributed by atoms with E-state index in [1.807, 2.05) is 32.0 Å². The molecule has 0 aromatic heterocycles. The Labute approximate surface area is 95.8 Å². The van der Waals surface area contributed by atoms with E-state index in [1.54, 1.807) is 7.05 Å². The molecule has 0 bridgehead atoms. The number of amides is 1. The Morgan fingerprint density at radius 2 is 2.25 bits per heavy atom. The number of aryl methyl sites for hydroxylation is 1. The van der Waals surface area contributed by atoms with Gasteiger partial charge in [-0.1, -0.05) is 17.7 Å². The number of carbonyl (C=O) groups is 1. The third kappa shape index (κ3) is 3.24. The summed E-state index contributed by atoms with van der Waals surface area (Å²) in [6.45, 7) is 3.90. The van der Waals surface area contributed by atoms with E-state index in [-0.39, 0.29) is 18.6 Å². The van der Waals surface area contributed by atoms with E-state index >= 15 is 0 Å². The van der Waals surface area contributed by atoms with Gasteiger partial charge in [0, 0.05) is 18.7 Å². The molecule has 0 fully saturated rings. The van der Waals surface area contributed by atoms with Gasteiger partial charge in [0.1, 0.15) is 5.75 Å². The van der Waals surface area contributed by atoms with Crippen molar-refractivity contribution in [3.05, 3.63) is 29.3 Å². The first-order valence-electron chi connectivity index (χ1n) is 5.24. The van der Waals surface area contributed by atoms with Crippen LogP contribution in [0.3, 0.4) is 0 Å². The quantitative estimate of drug-likeness (QED) is 0.803. The van der Waals surface area contributed by atoms with Crippen LogP contribution in [0.1, 0.15) is 24.1 Å². The molecule has 1 rings (SSSR count). The Balaban J connectivity index is 2.82. The second-order valence-corrected chi connectivity index (χ2v) is 3.79. The van der Waals surface area contributed by atoms with Crippen molar-refractivity contribution >= 4 is 5.91 Å². The zero-order valence-electron chi connectivity index (χ0n) is 9.91. The van der Waals surface area contributed by atoms with Crippen molar-refractivity contribution in [2.75, 3.05) is 13.7 Å². The summed E-state index contributed by atoms with van der Waals surface area (Å²) in [4.78, 5) is 11.1. The number of benzene rings is 1. The van der Waals surface area contributed by atoms with Crippen LogP contribution in [0.15, 0.2) is 18.2 Å². The van der Waals surface area contributed by atoms with Crippen LogP contribution in [-0.4, -0.2) is 19.6 Å². The highest BCUT2D eigenvalue weighted by molar-refractivity contribution is 5.77. The third-order valence-corrected chi connectivity index (χ3v) is 2.29. The van der Waals surface area contributed by atoms with Gasteiger partial charge in [-0.15, -0.1) is 0 Å². The van der Waals surface area contributed by atoms with E-state index in [2.05, 4.69) is 5.32 Å². The maximum Gasteiger partial charge on any atom is 0.257 e. The molecule has 88 valence electrons. The maximum absolute atomic E-state index is 11.1. The molecule has 0 unspecified atom stereocenters. The van der Waals surface area contributed by atoms with Crippen LogP contribution in [0, 0.1) is 6.92 Å². The largest absolute Gasteiger partial charge is 0.483 e. The molecule has 4 nitrogen and oxygen atoms in total. The fraction of sp³-hybridized carbons (Fsp3) is 0.417. The molecule has 0 aliphatic heterocycles. The lowest BCUT2D eigenvalue weighted by Crippen LogP contribution is -2.25. The van der Waals surface area contributed by atoms with E-state index < -0.39 is 0 Å². The Morgan fingerprint density at radius 3 is 2.81 bits per heavy atom. The van der Waals surface area contributed by atoms with Crippen molar-refractivity contribution < 1.29 is 9.53 Å². The van der Waals surface area contributed by atoms with Crippen molar-refractivity contribution in [2.45, 2.75) is 19.9 Å². The van der Waals surface area contributed by atoms with Crippen LogP contribution < -0.4 is 15.8 Å². The summed E-state index contributed by atoms with van der Waals surface area (Å²) in [6, 6.07) is 5.64. The maximum atomic E-state index is 11.1. The van der Waals surface area contributed by atoms with Crippen molar-refractivity contribution in [1.82, 2.24) is 5.32 Å². The van der Waals surface area contributed by atoms with Crippen LogP contribution in [-0.2, 0) is 4.79 Å². The monoisotopic (exact) mass is 222 g/mol. The average molecular weight is 222 g/mol. The average Bonchev–Trinajstić information content (AvgIpc) is 2.26. The third-order valence-electron chi connectivity index (χ3n) is 2.29. The molecule has 0 radical (unpaired) electrons. The number of ether oxygens (including phenoxy) is 1. The molecule has 0 saturated carbocycles. The Bertz CT molecular complexity index is 375. The van der Waals surface area contributed by atoms with Gasteiger partial charge in [-0.25, -0.2) is 0 Å². The highest BCUT2D eigenvalue weighted by Gasteiger charge is 2.09. The zero-order valence-corrected chi connectivity index (χ0v) is 9.91. The molecule has 0 aliphatic carbocycles. The topological polar surface area (TPSA) is 64.3 Å². The fourth-order valence-electron chi connectivity index (χ4n) is 1.37. The summed E-state index contributed by atoms with van der Waals surface area (Å²) in [5.74, 6) is 0.514. The van der Waals surface area contributed by atoms with E-state index in [0.29, 0.717) is 5.75 Å². The Kier molecular flexibility index (Phi) is 4.31. The van der Waals surface area contributed by atoms with Crippen LogP contribution >= 0.6 is 0 Å². The second-order valence-electron chi connectivity index (χ2n) is 3.79. The fourth-order valence-corrected chi connectivity index (χ4v) is 1.37. The normalized spacial score (nSPS) is 12.0. The van der Waals surface area contributed by atoms with Crippen LogP contribution in [0.4, 0.5) is 0 Å². The minimum Gasteiger partial charge on any atom is -0.483 e. The minimum atomic E-state index is -0.156. The predicted octanol–water partition coefficient (Wildman–Crippen LogP) is 1.14. The molecule has 0 spiro atoms. The molecule has 1 aromatic rings. The number of hydrogen-bond donors (Lipinski definition) is 2. The zero-order chi connectivity index (χ0) is 12.1. The lowest BCUT2D eigenvalue weighted by Gasteiger charge is -2.14. The molecular formula is C12H18N2O2. The molecule has 1 amide bonds. The summed E-state index contributed by atoms with van der Waals surface area (Å²) in [5.41, 5.74) is 7.89. The van der Waals surface area contributed by atoms with Crippen LogP contribution in [0.25, 0.3) is 0 Å². The van der Waals surface area contributed by atoms with Gasteiger partial charge in [-0.05, 0) is 19.9 Å². The molecule has 1 atom stereocenters. The number of nitrogens with one attached hydrogen (secondary N) is 1. The van der Waals surface area contributed by atoms with Gasteiger partial charge in [-0.3, -0.25) is 4.79 Å². The number of rotatable bonds is 4. The van der Waals surface area contributed by atoms with Crippen molar-refractivity contribution in [1.29, 1.82) is 0 Å². The molecule has 0 saturated heterocycles. The van der Waals surface area contributed by atoms with Gasteiger partial charge in [-0.2, -0.15) is 0 Å². The van der Waals surface area contributed by atoms with E-state index in [0.717, 1.165) is 11.1 Å². The highest BCUT2D eigenvalue weighted by Crippen LogP contribution is 2.24. The number of hydrogen-bond acceptors (Lipinski definition) is 3. The van der Waals surface area contributed by atoms with Gasteiger partial charge in [0.2, 0.25) is 0 Å². The Hall–Kier alpha value is -1.55. The van der Waals surface area contributed by atoms with Gasteiger partial charge < -0.3 is 15.8 Å². The Morgan fingerprint density at radius 1 is 1.56 bits per heavy atom. The minimum absolute atomic E-state index is 0.0132. The smallest absolute Gasteiger partial charge is 0.257 e. The molecular weight excluding hydrogens is 204 g/mol. The van der Waals surface area contributed by atoms with Gasteiger partial charge >= 0.3 is 0 Å². The van der Waals surface area contributed by atoms with E-state index in [9.17, 15) is 4.79 Å². The lowest BCUT2D eigenvalue weighted by molar-refractivity contribution is -0.122. The van der Waals surface area contributed by atoms with Gasteiger partial charge in [0.15, 0.2) is 6.61 Å². The first-order valence-corrected chi connectivity index (χ1v) is 5.24. The molecule has 0 aliphatic rings. The van der Waals surface area contributed by atoms with Crippen LogP contribution in [0.2, 0.25) is 0 Å². The molecule has 4 heteroatoms. The lowest BCUT2D eigenvalue weighted by atomic mass is 10.1. The summed E-state index contributed by atoms with van der Waals surface area (Å²) in [6.07, 6.45) is 0. The second kappa shape index (κ2) is 5.51. The standard InChI is InChI=1S/C12H18N2O2/c1-8-4-5-11(10(6-8)9(2)13)16-7-12(15)14-3/h4-6,9H,7,13H2,1-3H3,(H,14,15)/t9-/m1/s1. The first kappa shape index (κ1) is 12.5. The van der Waals surface area contributed by atoms with E-state index in [1.165, 1.54) is 0 Å². The van der Waals surface area contributed by atoms with Gasteiger partial charge in [0.25, 0.3) is 5.91 Å². The molecule has 0 heterocycles.